The molecule has 0 radical (unpaired) electrons. The molecule has 0 bridgehead atoms. The SMILES string of the molecule is CC(C)CNCCOCC1CCOC1. The minimum absolute atomic E-state index is 0.639. The molecule has 0 aliphatic carbocycles. The Morgan fingerprint density at radius 3 is 3.00 bits per heavy atom. The average molecular weight is 201 g/mol. The third-order valence-corrected chi connectivity index (χ3v) is 2.35. The molecule has 1 heterocycles. The van der Waals surface area contributed by atoms with Gasteiger partial charge >= 0.3 is 0 Å². The van der Waals surface area contributed by atoms with Crippen LogP contribution in [0.1, 0.15) is 20.3 Å². The molecule has 84 valence electrons. The van der Waals surface area contributed by atoms with Gasteiger partial charge in [0.25, 0.3) is 0 Å². The molecule has 1 aliphatic rings. The largest absolute Gasteiger partial charge is 0.381 e. The Kier molecular flexibility index (Phi) is 6.15. The lowest BCUT2D eigenvalue weighted by Crippen LogP contribution is -2.25. The molecule has 1 fully saturated rings. The second-order valence-corrected chi connectivity index (χ2v) is 4.40. The van der Waals surface area contributed by atoms with Gasteiger partial charge in [-0.1, -0.05) is 13.8 Å². The van der Waals surface area contributed by atoms with E-state index >= 15 is 0 Å². The Morgan fingerprint density at radius 2 is 2.36 bits per heavy atom. The molecule has 1 unspecified atom stereocenters. The minimum atomic E-state index is 0.639. The van der Waals surface area contributed by atoms with E-state index in [4.69, 9.17) is 9.47 Å². The van der Waals surface area contributed by atoms with E-state index in [-0.39, 0.29) is 0 Å². The van der Waals surface area contributed by atoms with Gasteiger partial charge in [0.15, 0.2) is 0 Å². The molecule has 0 saturated carbocycles. The van der Waals surface area contributed by atoms with Crippen LogP contribution in [0.5, 0.6) is 0 Å². The number of nitrogens with one attached hydrogen (secondary N) is 1. The summed E-state index contributed by atoms with van der Waals surface area (Å²) in [6.45, 7) is 9.96. The van der Waals surface area contributed by atoms with Crippen LogP contribution in [0.15, 0.2) is 0 Å². The monoisotopic (exact) mass is 201 g/mol. The number of hydrogen-bond donors (Lipinski definition) is 1. The average Bonchev–Trinajstić information content (AvgIpc) is 2.63. The fourth-order valence-electron chi connectivity index (χ4n) is 1.50. The quantitative estimate of drug-likeness (QED) is 0.630. The summed E-state index contributed by atoms with van der Waals surface area (Å²) >= 11 is 0. The zero-order chi connectivity index (χ0) is 10.2. The fraction of sp³-hybridized carbons (Fsp3) is 1.00. The summed E-state index contributed by atoms with van der Waals surface area (Å²) in [5, 5.41) is 3.35. The van der Waals surface area contributed by atoms with Crippen molar-refractivity contribution in [1.82, 2.24) is 5.32 Å². The Balaban J connectivity index is 1.79. The molecule has 0 spiro atoms. The van der Waals surface area contributed by atoms with Crippen molar-refractivity contribution in [2.24, 2.45) is 11.8 Å². The van der Waals surface area contributed by atoms with Crippen molar-refractivity contribution < 1.29 is 9.47 Å². The number of ether oxygens (including phenoxy) is 2. The zero-order valence-corrected chi connectivity index (χ0v) is 9.42. The summed E-state index contributed by atoms with van der Waals surface area (Å²) in [6.07, 6.45) is 1.17. The lowest BCUT2D eigenvalue weighted by Gasteiger charge is -2.10. The highest BCUT2D eigenvalue weighted by Crippen LogP contribution is 2.11. The molecule has 0 aromatic rings. The van der Waals surface area contributed by atoms with Gasteiger partial charge in [-0.15, -0.1) is 0 Å². The predicted octanol–water partition coefficient (Wildman–Crippen LogP) is 1.29. The maximum atomic E-state index is 5.56. The molecule has 0 aromatic carbocycles. The Labute approximate surface area is 87.2 Å². The first kappa shape index (κ1) is 12.0. The first-order chi connectivity index (χ1) is 6.79. The Bertz CT molecular complexity index is 133. The van der Waals surface area contributed by atoms with Crippen LogP contribution in [-0.2, 0) is 9.47 Å². The molecule has 0 amide bonds. The number of rotatable bonds is 7. The second-order valence-electron chi connectivity index (χ2n) is 4.40. The van der Waals surface area contributed by atoms with Crippen LogP contribution < -0.4 is 5.32 Å². The van der Waals surface area contributed by atoms with Gasteiger partial charge in [-0.25, -0.2) is 0 Å². The van der Waals surface area contributed by atoms with Gasteiger partial charge < -0.3 is 14.8 Å². The lowest BCUT2D eigenvalue weighted by molar-refractivity contribution is 0.0911. The van der Waals surface area contributed by atoms with E-state index in [1.54, 1.807) is 0 Å². The van der Waals surface area contributed by atoms with Crippen LogP contribution in [0.25, 0.3) is 0 Å². The van der Waals surface area contributed by atoms with Gasteiger partial charge in [0.1, 0.15) is 0 Å². The molecular weight excluding hydrogens is 178 g/mol. The molecule has 3 nitrogen and oxygen atoms in total. The highest BCUT2D eigenvalue weighted by Gasteiger charge is 2.14. The van der Waals surface area contributed by atoms with Crippen LogP contribution in [0, 0.1) is 11.8 Å². The van der Waals surface area contributed by atoms with E-state index in [1.807, 2.05) is 0 Å². The zero-order valence-electron chi connectivity index (χ0n) is 9.42. The normalized spacial score (nSPS) is 22.1. The van der Waals surface area contributed by atoms with Crippen molar-refractivity contribution in [2.45, 2.75) is 20.3 Å². The molecule has 1 atom stereocenters. The summed E-state index contributed by atoms with van der Waals surface area (Å²) in [6, 6.07) is 0. The summed E-state index contributed by atoms with van der Waals surface area (Å²) < 4.78 is 10.8. The second kappa shape index (κ2) is 7.21. The van der Waals surface area contributed by atoms with E-state index < -0.39 is 0 Å². The number of hydrogen-bond acceptors (Lipinski definition) is 3. The third-order valence-electron chi connectivity index (χ3n) is 2.35. The van der Waals surface area contributed by atoms with Crippen molar-refractivity contribution in [3.8, 4) is 0 Å². The molecular formula is C11H23NO2. The van der Waals surface area contributed by atoms with Gasteiger partial charge in [0.2, 0.25) is 0 Å². The van der Waals surface area contributed by atoms with Gasteiger partial charge in [0, 0.05) is 19.1 Å². The minimum Gasteiger partial charge on any atom is -0.381 e. The first-order valence-corrected chi connectivity index (χ1v) is 5.65. The van der Waals surface area contributed by atoms with E-state index in [1.165, 1.54) is 6.42 Å². The highest BCUT2D eigenvalue weighted by molar-refractivity contribution is 4.62. The third kappa shape index (κ3) is 5.58. The highest BCUT2D eigenvalue weighted by atomic mass is 16.5. The van der Waals surface area contributed by atoms with Gasteiger partial charge in [-0.2, -0.15) is 0 Å². The smallest absolute Gasteiger partial charge is 0.0591 e. The van der Waals surface area contributed by atoms with Crippen molar-refractivity contribution in [3.05, 3.63) is 0 Å². The maximum Gasteiger partial charge on any atom is 0.0591 e. The van der Waals surface area contributed by atoms with E-state index in [2.05, 4.69) is 19.2 Å². The van der Waals surface area contributed by atoms with Crippen LogP contribution in [0.2, 0.25) is 0 Å². The summed E-state index contributed by atoms with van der Waals surface area (Å²) in [5.41, 5.74) is 0. The standard InChI is InChI=1S/C11H23NO2/c1-10(2)7-12-4-6-14-9-11-3-5-13-8-11/h10-12H,3-9H2,1-2H3. The van der Waals surface area contributed by atoms with Gasteiger partial charge in [0.05, 0.1) is 19.8 Å². The van der Waals surface area contributed by atoms with Crippen LogP contribution in [0.4, 0.5) is 0 Å². The molecule has 1 rings (SSSR count). The van der Waals surface area contributed by atoms with Crippen LogP contribution >= 0.6 is 0 Å². The van der Waals surface area contributed by atoms with Crippen LogP contribution in [-0.4, -0.2) is 39.5 Å². The summed E-state index contributed by atoms with van der Waals surface area (Å²) in [7, 11) is 0. The molecule has 1 N–H and O–H groups in total. The molecule has 1 saturated heterocycles. The Morgan fingerprint density at radius 1 is 1.50 bits per heavy atom. The van der Waals surface area contributed by atoms with E-state index in [0.29, 0.717) is 5.92 Å². The van der Waals surface area contributed by atoms with Crippen molar-refractivity contribution in [1.29, 1.82) is 0 Å². The van der Waals surface area contributed by atoms with Crippen molar-refractivity contribution in [3.63, 3.8) is 0 Å². The van der Waals surface area contributed by atoms with Gasteiger partial charge in [-0.05, 0) is 18.9 Å². The molecule has 1 aliphatic heterocycles. The molecule has 14 heavy (non-hydrogen) atoms. The maximum absolute atomic E-state index is 5.56. The topological polar surface area (TPSA) is 30.5 Å². The summed E-state index contributed by atoms with van der Waals surface area (Å²) in [5.74, 6) is 1.36. The van der Waals surface area contributed by atoms with Crippen LogP contribution in [0.3, 0.4) is 0 Å². The van der Waals surface area contributed by atoms with Crippen molar-refractivity contribution >= 4 is 0 Å². The van der Waals surface area contributed by atoms with Gasteiger partial charge in [-0.3, -0.25) is 0 Å². The molecule has 0 aromatic heterocycles. The Hall–Kier alpha value is -0.120. The van der Waals surface area contributed by atoms with E-state index in [9.17, 15) is 0 Å². The molecule has 3 heteroatoms. The lowest BCUT2D eigenvalue weighted by atomic mass is 10.1. The first-order valence-electron chi connectivity index (χ1n) is 5.65. The fourth-order valence-corrected chi connectivity index (χ4v) is 1.50. The van der Waals surface area contributed by atoms with Crippen molar-refractivity contribution in [2.75, 3.05) is 39.5 Å². The van der Waals surface area contributed by atoms with E-state index in [0.717, 1.165) is 45.4 Å². The predicted molar refractivity (Wildman–Crippen MR) is 57.5 cm³/mol. The summed E-state index contributed by atoms with van der Waals surface area (Å²) in [4.78, 5) is 0.